The fraction of sp³-hybridized carbons (Fsp3) is 0.429. The van der Waals surface area contributed by atoms with Crippen LogP contribution in [0.5, 0.6) is 11.6 Å². The molecule has 1 aromatic carbocycles. The Balaban J connectivity index is 2.06. The summed E-state index contributed by atoms with van der Waals surface area (Å²) in [5.74, 6) is 1.59. The highest BCUT2D eigenvalue weighted by molar-refractivity contribution is 7.96. The first-order valence-corrected chi connectivity index (χ1v) is 11.4. The van der Waals surface area contributed by atoms with E-state index < -0.39 is 0 Å². The predicted molar refractivity (Wildman–Crippen MR) is 121 cm³/mol. The van der Waals surface area contributed by atoms with Crippen LogP contribution < -0.4 is 14.2 Å². The molecule has 1 N–H and O–H groups in total. The molecule has 0 aliphatic carbocycles. The minimum Gasteiger partial charge on any atom is -0.484 e. The van der Waals surface area contributed by atoms with Gasteiger partial charge >= 0.3 is 0 Å². The molecule has 2 aromatic rings. The molecule has 0 saturated heterocycles. The summed E-state index contributed by atoms with van der Waals surface area (Å²) < 4.78 is 14.0. The number of aromatic nitrogens is 1. The zero-order chi connectivity index (χ0) is 21.3. The molecule has 2 rings (SSSR count). The second-order valence-electron chi connectivity index (χ2n) is 6.90. The van der Waals surface area contributed by atoms with Crippen molar-refractivity contribution in [2.75, 3.05) is 31.9 Å². The van der Waals surface area contributed by atoms with Crippen molar-refractivity contribution in [3.8, 4) is 11.6 Å². The zero-order valence-corrected chi connectivity index (χ0v) is 19.2. The van der Waals surface area contributed by atoms with Crippen LogP contribution in [-0.2, 0) is 10.2 Å². The van der Waals surface area contributed by atoms with Crippen LogP contribution in [0.4, 0.5) is 0 Å². The van der Waals surface area contributed by atoms with Gasteiger partial charge in [-0.2, -0.15) is 0 Å². The van der Waals surface area contributed by atoms with Crippen molar-refractivity contribution in [2.45, 2.75) is 25.7 Å². The van der Waals surface area contributed by atoms with Gasteiger partial charge in [0.25, 0.3) is 0 Å². The standard InChI is InChI=1S/C21H26Cl2N2O3S/c1-21(2,16-6-8-20(24-12-16)27-10-4-9-22)15-5-7-19(18(23)11-15)28-14-17(26)13-25-29-3/h5-8,11-12,25H,4,9-10,13-14H2,1-3H3. The molecular formula is C21H26Cl2N2O3S. The molecular weight excluding hydrogens is 431 g/mol. The third kappa shape index (κ3) is 7.07. The zero-order valence-electron chi connectivity index (χ0n) is 16.8. The Morgan fingerprint density at radius 2 is 1.97 bits per heavy atom. The van der Waals surface area contributed by atoms with Crippen molar-refractivity contribution in [1.82, 2.24) is 9.71 Å². The predicted octanol–water partition coefficient (Wildman–Crippen LogP) is 4.88. The van der Waals surface area contributed by atoms with E-state index in [1.807, 2.05) is 36.7 Å². The van der Waals surface area contributed by atoms with Crippen LogP contribution in [-0.4, -0.2) is 42.7 Å². The number of rotatable bonds is 12. The molecule has 0 saturated carbocycles. The van der Waals surface area contributed by atoms with E-state index in [4.69, 9.17) is 32.7 Å². The quantitative estimate of drug-likeness (QED) is 0.278. The number of carbonyl (C=O) groups excluding carboxylic acids is 1. The number of ketones is 1. The third-order valence-corrected chi connectivity index (χ3v) is 5.44. The highest BCUT2D eigenvalue weighted by Gasteiger charge is 2.24. The third-order valence-electron chi connectivity index (χ3n) is 4.44. The normalized spacial score (nSPS) is 11.3. The number of nitrogens with one attached hydrogen (secondary N) is 1. The fourth-order valence-corrected chi connectivity index (χ4v) is 3.25. The van der Waals surface area contributed by atoms with E-state index in [-0.39, 0.29) is 24.3 Å². The second-order valence-corrected chi connectivity index (χ2v) is 8.38. The summed E-state index contributed by atoms with van der Waals surface area (Å²) in [5.41, 5.74) is 1.73. The lowest BCUT2D eigenvalue weighted by Crippen LogP contribution is -2.23. The smallest absolute Gasteiger partial charge is 0.213 e. The number of hydrogen-bond donors (Lipinski definition) is 1. The lowest BCUT2D eigenvalue weighted by atomic mass is 9.79. The van der Waals surface area contributed by atoms with Crippen LogP contribution >= 0.6 is 35.1 Å². The molecule has 5 nitrogen and oxygen atoms in total. The summed E-state index contributed by atoms with van der Waals surface area (Å²) in [4.78, 5) is 16.1. The Morgan fingerprint density at radius 3 is 2.59 bits per heavy atom. The summed E-state index contributed by atoms with van der Waals surface area (Å²) >= 11 is 13.5. The topological polar surface area (TPSA) is 60.5 Å². The van der Waals surface area contributed by atoms with Crippen LogP contribution in [0, 0.1) is 0 Å². The minimum absolute atomic E-state index is 0.0227. The van der Waals surface area contributed by atoms with Gasteiger partial charge in [0.05, 0.1) is 18.2 Å². The van der Waals surface area contributed by atoms with Crippen molar-refractivity contribution in [3.05, 3.63) is 52.7 Å². The number of halogens is 2. The van der Waals surface area contributed by atoms with Gasteiger partial charge in [0.15, 0.2) is 5.78 Å². The Bertz CT molecular complexity index is 801. The summed E-state index contributed by atoms with van der Waals surface area (Å²) in [6.07, 6.45) is 4.46. The largest absolute Gasteiger partial charge is 0.484 e. The maximum atomic E-state index is 11.7. The van der Waals surface area contributed by atoms with Gasteiger partial charge in [0.1, 0.15) is 12.4 Å². The summed E-state index contributed by atoms with van der Waals surface area (Å²) in [7, 11) is 0. The molecule has 0 aliphatic rings. The first-order valence-electron chi connectivity index (χ1n) is 9.24. The van der Waals surface area contributed by atoms with Crippen molar-refractivity contribution < 1.29 is 14.3 Å². The molecule has 1 heterocycles. The number of hydrogen-bond acceptors (Lipinski definition) is 6. The maximum absolute atomic E-state index is 11.7. The van der Waals surface area contributed by atoms with E-state index in [1.165, 1.54) is 11.9 Å². The van der Waals surface area contributed by atoms with Crippen LogP contribution in [0.3, 0.4) is 0 Å². The molecule has 158 valence electrons. The highest BCUT2D eigenvalue weighted by atomic mass is 35.5. The number of carbonyl (C=O) groups is 1. The van der Waals surface area contributed by atoms with Gasteiger partial charge in [-0.05, 0) is 35.9 Å². The number of Topliss-reactive ketones (excluding diaryl/α,β-unsaturated/α-hetero) is 1. The summed E-state index contributed by atoms with van der Waals surface area (Å²) in [6, 6.07) is 9.48. The molecule has 1 aromatic heterocycles. The molecule has 0 unspecified atom stereocenters. The average Bonchev–Trinajstić information content (AvgIpc) is 2.71. The Kier molecular flexibility index (Phi) is 9.56. The highest BCUT2D eigenvalue weighted by Crippen LogP contribution is 2.36. The molecule has 0 atom stereocenters. The molecule has 8 heteroatoms. The first kappa shape index (κ1) is 23.8. The van der Waals surface area contributed by atoms with E-state index in [1.54, 1.807) is 6.07 Å². The Hall–Kier alpha value is -1.47. The van der Waals surface area contributed by atoms with Crippen LogP contribution in [0.1, 0.15) is 31.4 Å². The van der Waals surface area contributed by atoms with Crippen LogP contribution in [0.15, 0.2) is 36.5 Å². The van der Waals surface area contributed by atoms with Gasteiger partial charge in [-0.25, -0.2) is 4.98 Å². The van der Waals surface area contributed by atoms with Crippen molar-refractivity contribution in [3.63, 3.8) is 0 Å². The Morgan fingerprint density at radius 1 is 1.21 bits per heavy atom. The van der Waals surface area contributed by atoms with E-state index in [9.17, 15) is 4.79 Å². The summed E-state index contributed by atoms with van der Waals surface area (Å²) in [5, 5.41) is 0.468. The molecule has 29 heavy (non-hydrogen) atoms. The lowest BCUT2D eigenvalue weighted by Gasteiger charge is -2.26. The van der Waals surface area contributed by atoms with Crippen LogP contribution in [0.25, 0.3) is 0 Å². The minimum atomic E-state index is -0.318. The number of ether oxygens (including phenoxy) is 2. The van der Waals surface area contributed by atoms with Gasteiger partial charge in [-0.1, -0.05) is 49.5 Å². The number of benzene rings is 1. The van der Waals surface area contributed by atoms with Crippen molar-refractivity contribution >= 4 is 40.9 Å². The number of alkyl halides is 1. The van der Waals surface area contributed by atoms with Gasteiger partial charge in [0.2, 0.25) is 5.88 Å². The first-order chi connectivity index (χ1) is 13.9. The van der Waals surface area contributed by atoms with Crippen molar-refractivity contribution in [2.24, 2.45) is 0 Å². The number of pyridine rings is 1. The van der Waals surface area contributed by atoms with E-state index >= 15 is 0 Å². The maximum Gasteiger partial charge on any atom is 0.213 e. The second kappa shape index (κ2) is 11.6. The fourth-order valence-electron chi connectivity index (χ4n) is 2.60. The average molecular weight is 457 g/mol. The van der Waals surface area contributed by atoms with E-state index in [2.05, 4.69) is 23.6 Å². The molecule has 0 radical (unpaired) electrons. The molecule has 0 aliphatic heterocycles. The van der Waals surface area contributed by atoms with E-state index in [0.29, 0.717) is 29.1 Å². The monoisotopic (exact) mass is 456 g/mol. The van der Waals surface area contributed by atoms with Crippen LogP contribution in [0.2, 0.25) is 5.02 Å². The van der Waals surface area contributed by atoms with E-state index in [0.717, 1.165) is 17.5 Å². The van der Waals surface area contributed by atoms with Crippen molar-refractivity contribution in [1.29, 1.82) is 0 Å². The lowest BCUT2D eigenvalue weighted by molar-refractivity contribution is -0.119. The molecule has 0 spiro atoms. The SMILES string of the molecule is CSNCC(=O)COc1ccc(C(C)(C)c2ccc(OCCCCl)nc2)cc1Cl. The molecule has 0 amide bonds. The summed E-state index contributed by atoms with van der Waals surface area (Å²) in [6.45, 7) is 4.98. The number of nitrogens with zero attached hydrogens (tertiary/aromatic N) is 1. The van der Waals surface area contributed by atoms with Gasteiger partial charge in [-0.3, -0.25) is 9.52 Å². The van der Waals surface area contributed by atoms with Gasteiger partial charge in [-0.15, -0.1) is 11.6 Å². The molecule has 0 fully saturated rings. The molecule has 0 bridgehead atoms. The van der Waals surface area contributed by atoms with Gasteiger partial charge in [0, 0.05) is 23.6 Å². The van der Waals surface area contributed by atoms with Gasteiger partial charge < -0.3 is 9.47 Å². The Labute approximate surface area is 186 Å².